The molecule has 0 saturated carbocycles. The minimum absolute atomic E-state index is 0.0941. The van der Waals surface area contributed by atoms with Crippen LogP contribution in [0.25, 0.3) is 16.7 Å². The van der Waals surface area contributed by atoms with Gasteiger partial charge in [0.15, 0.2) is 0 Å². The molecule has 3 aromatic rings. The number of hydrogen-bond donors (Lipinski definition) is 4. The van der Waals surface area contributed by atoms with Gasteiger partial charge in [0, 0.05) is 103 Å². The zero-order chi connectivity index (χ0) is 44.7. The van der Waals surface area contributed by atoms with Gasteiger partial charge in [-0.3, -0.25) is 34.2 Å². The highest BCUT2D eigenvalue weighted by molar-refractivity contribution is 6.32. The van der Waals surface area contributed by atoms with E-state index in [-0.39, 0.29) is 55.5 Å². The van der Waals surface area contributed by atoms with Gasteiger partial charge in [-0.25, -0.2) is 4.99 Å². The third-order valence-electron chi connectivity index (χ3n) is 12.2. The number of nitrogens with one attached hydrogen (secondary N) is 3. The Morgan fingerprint density at radius 2 is 1.60 bits per heavy atom. The molecule has 8 heterocycles. The number of aromatic nitrogens is 3. The molecule has 3 amide bonds. The molecule has 2 unspecified atom stereocenters. The quantitative estimate of drug-likeness (QED) is 0.0738. The molecule has 5 aliphatic heterocycles. The fourth-order valence-electron chi connectivity index (χ4n) is 9.08. The smallest absolute Gasteiger partial charge is 0.229 e. The lowest BCUT2D eigenvalue weighted by Crippen LogP contribution is -2.36. The molecule has 0 spiro atoms. The van der Waals surface area contributed by atoms with Crippen molar-refractivity contribution in [3.63, 3.8) is 0 Å². The van der Waals surface area contributed by atoms with E-state index in [1.807, 2.05) is 42.7 Å². The van der Waals surface area contributed by atoms with Crippen molar-refractivity contribution in [2.24, 2.45) is 21.6 Å². The summed E-state index contributed by atoms with van der Waals surface area (Å²) in [7, 11) is 0. The zero-order valence-electron chi connectivity index (χ0n) is 36.3. The zero-order valence-corrected chi connectivity index (χ0v) is 36.3. The van der Waals surface area contributed by atoms with E-state index >= 15 is 0 Å². The molecule has 5 N–H and O–H groups in total. The van der Waals surface area contributed by atoms with Crippen LogP contribution in [0.3, 0.4) is 0 Å². The summed E-state index contributed by atoms with van der Waals surface area (Å²) in [5.74, 6) is 0.144. The Bertz CT molecular complexity index is 2760. The fourth-order valence-corrected chi connectivity index (χ4v) is 9.08. The van der Waals surface area contributed by atoms with Crippen molar-refractivity contribution in [2.75, 3.05) is 19.7 Å². The van der Waals surface area contributed by atoms with Gasteiger partial charge in [0.05, 0.1) is 41.2 Å². The van der Waals surface area contributed by atoms with Crippen LogP contribution in [0.2, 0.25) is 0 Å². The van der Waals surface area contributed by atoms with E-state index in [2.05, 4.69) is 99.3 Å². The number of likely N-dealkylation sites (tertiary alicyclic amines) is 1. The molecule has 1 fully saturated rings. The Balaban J connectivity index is 1.05. The molecule has 13 heteroatoms. The van der Waals surface area contributed by atoms with Crippen molar-refractivity contribution < 1.29 is 19.1 Å². The molecule has 1 saturated heterocycles. The number of amides is 3. The highest BCUT2D eigenvalue weighted by Crippen LogP contribution is 2.40. The van der Waals surface area contributed by atoms with Gasteiger partial charge in [-0.2, -0.15) is 0 Å². The number of fused-ring (bicyclic) bond motifs is 6. The molecular weight excluding hydrogens is 815 g/mol. The number of carbonyl (C=O) groups excluding carboxylic acids is 3. The van der Waals surface area contributed by atoms with E-state index in [1.54, 1.807) is 18.6 Å². The lowest BCUT2D eigenvalue weighted by atomic mass is 9.83. The number of nitrogens with zero attached hydrogens (tertiary/aromatic N) is 5. The first-order chi connectivity index (χ1) is 31.9. The van der Waals surface area contributed by atoms with Gasteiger partial charge in [0.25, 0.3) is 0 Å². The van der Waals surface area contributed by atoms with Crippen molar-refractivity contribution in [2.45, 2.75) is 57.9 Å². The van der Waals surface area contributed by atoms with E-state index in [1.165, 1.54) is 10.5 Å². The maximum absolute atomic E-state index is 12.4. The standard InChI is InChI=1S/C52H51N9O4/c1-2-4-33(19-25-53)49-38-9-11-40(57-38)50(34-5-7-37(8-6-34)65-32-3-26-56-46(62)24-31-61-47(63)17-18-48(61)64)41-12-14-43(59-41)52(36-22-29-55-30-23-36)45-16-15-44(60-45)51(35-20-27-54-28-21-35)42-13-10-39(49)58-42/h4-5,7,9-16,19-23,25,27-30,41,50,58-59H,2-3,6,8,17-18,24,26,31-32,53H2,1H3,(H,56,62)/b25-19-,33-4+,49-38+,51-44-,52-43-. The van der Waals surface area contributed by atoms with Crippen LogP contribution in [0.15, 0.2) is 172 Å². The SMILES string of the molecule is CC/C=C(\C=C/N)C1=C2/C=CC(=N2)C(C2=CC=C(OCCCNC(=O)CCN3C(=O)CCC3=O)CC2)C2C=C/C(=C(\c3ccncc3)C3=N/C(=C(/c4ccncc4)c4ccc\1[nH]4)C=C3)N2. The van der Waals surface area contributed by atoms with Crippen LogP contribution in [-0.2, 0) is 19.1 Å². The second-order valence-electron chi connectivity index (χ2n) is 16.3. The van der Waals surface area contributed by atoms with Crippen LogP contribution in [0.1, 0.15) is 74.4 Å². The molecule has 9 rings (SSSR count). The highest BCUT2D eigenvalue weighted by Gasteiger charge is 2.34. The number of rotatable bonds is 14. The predicted molar refractivity (Wildman–Crippen MR) is 253 cm³/mol. The van der Waals surface area contributed by atoms with Crippen LogP contribution in [-0.4, -0.2) is 74.7 Å². The Morgan fingerprint density at radius 3 is 2.32 bits per heavy atom. The second-order valence-corrected chi connectivity index (χ2v) is 16.3. The van der Waals surface area contributed by atoms with Gasteiger partial charge in [-0.05, 0) is 121 Å². The number of aromatic amines is 1. The average Bonchev–Trinajstić information content (AvgIpc) is 4.20. The molecular formula is C52H51N9O4. The molecule has 0 aromatic carbocycles. The Kier molecular flexibility index (Phi) is 12.7. The minimum atomic E-state index is -0.211. The van der Waals surface area contributed by atoms with Crippen LogP contribution in [0, 0.1) is 5.92 Å². The van der Waals surface area contributed by atoms with Crippen LogP contribution < -0.4 is 16.4 Å². The first kappa shape index (κ1) is 42.6. The third kappa shape index (κ3) is 9.21. The molecule has 3 aromatic heterocycles. The molecule has 8 bridgehead atoms. The summed E-state index contributed by atoms with van der Waals surface area (Å²) in [6.07, 6.45) is 33.4. The number of nitrogens with two attached hydrogens (primary N) is 1. The van der Waals surface area contributed by atoms with Crippen LogP contribution >= 0.6 is 0 Å². The molecule has 328 valence electrons. The molecule has 65 heavy (non-hydrogen) atoms. The van der Waals surface area contributed by atoms with Crippen LogP contribution in [0.5, 0.6) is 0 Å². The monoisotopic (exact) mass is 865 g/mol. The van der Waals surface area contributed by atoms with Gasteiger partial charge in [0.1, 0.15) is 0 Å². The number of carbonyl (C=O) groups is 3. The predicted octanol–water partition coefficient (Wildman–Crippen LogP) is 7.34. The fraction of sp³-hybridized carbons (Fsp3) is 0.250. The van der Waals surface area contributed by atoms with E-state index in [0.29, 0.717) is 26.0 Å². The average molecular weight is 866 g/mol. The van der Waals surface area contributed by atoms with Gasteiger partial charge < -0.3 is 26.1 Å². The van der Waals surface area contributed by atoms with Crippen LogP contribution in [0.4, 0.5) is 0 Å². The lowest BCUT2D eigenvalue weighted by Gasteiger charge is -2.28. The van der Waals surface area contributed by atoms with Crippen molar-refractivity contribution in [3.05, 3.63) is 185 Å². The van der Waals surface area contributed by atoms with E-state index < -0.39 is 0 Å². The molecule has 2 atom stereocenters. The molecule has 6 aliphatic rings. The number of ether oxygens (including phenoxy) is 1. The lowest BCUT2D eigenvalue weighted by molar-refractivity contribution is -0.138. The first-order valence-electron chi connectivity index (χ1n) is 22.3. The molecule has 0 radical (unpaired) electrons. The summed E-state index contributed by atoms with van der Waals surface area (Å²) in [6.45, 7) is 3.11. The largest absolute Gasteiger partial charge is 0.498 e. The van der Waals surface area contributed by atoms with Gasteiger partial charge in [0.2, 0.25) is 17.7 Å². The van der Waals surface area contributed by atoms with E-state index in [9.17, 15) is 14.4 Å². The topological polar surface area (TPSA) is 180 Å². The van der Waals surface area contributed by atoms with Crippen molar-refractivity contribution in [3.8, 4) is 0 Å². The number of hydrogen-bond acceptors (Lipinski definition) is 10. The van der Waals surface area contributed by atoms with E-state index in [0.717, 1.165) is 91.9 Å². The number of imide groups is 1. The summed E-state index contributed by atoms with van der Waals surface area (Å²) in [5, 5.41) is 6.80. The van der Waals surface area contributed by atoms with Crippen molar-refractivity contribution in [1.82, 2.24) is 30.5 Å². The summed E-state index contributed by atoms with van der Waals surface area (Å²) < 4.78 is 6.20. The number of allylic oxidation sites excluding steroid dienone is 13. The minimum Gasteiger partial charge on any atom is -0.498 e. The van der Waals surface area contributed by atoms with Gasteiger partial charge in [-0.15, -0.1) is 0 Å². The van der Waals surface area contributed by atoms with Crippen molar-refractivity contribution >= 4 is 45.9 Å². The maximum Gasteiger partial charge on any atom is 0.229 e. The highest BCUT2D eigenvalue weighted by atomic mass is 16.5. The summed E-state index contributed by atoms with van der Waals surface area (Å²) in [5.41, 5.74) is 19.3. The molecule has 13 nitrogen and oxygen atoms in total. The first-order valence-corrected chi connectivity index (χ1v) is 22.3. The Hall–Kier alpha value is -7.67. The van der Waals surface area contributed by atoms with Gasteiger partial charge >= 0.3 is 0 Å². The second kappa shape index (κ2) is 19.4. The summed E-state index contributed by atoms with van der Waals surface area (Å²) >= 11 is 0. The number of aliphatic imine (C=N–C) groups is 2. The van der Waals surface area contributed by atoms with Gasteiger partial charge in [-0.1, -0.05) is 30.7 Å². The Labute approximate surface area is 378 Å². The van der Waals surface area contributed by atoms with Crippen molar-refractivity contribution in [1.29, 1.82) is 0 Å². The normalized spacial score (nSPS) is 23.8. The molecule has 1 aliphatic carbocycles. The number of H-pyrrole nitrogens is 1. The maximum atomic E-state index is 12.4. The Morgan fingerprint density at radius 1 is 0.862 bits per heavy atom. The summed E-state index contributed by atoms with van der Waals surface area (Å²) in [4.78, 5) is 60.6. The van der Waals surface area contributed by atoms with E-state index in [4.69, 9.17) is 20.5 Å². The third-order valence-corrected chi connectivity index (χ3v) is 12.2. The number of pyridine rings is 2. The summed E-state index contributed by atoms with van der Waals surface area (Å²) in [6, 6.07) is 12.1.